The molecule has 15 heavy (non-hydrogen) atoms. The Hall–Kier alpha value is -1.00. The Kier molecular flexibility index (Phi) is 4.65. The number of methoxy groups -OCH3 is 1. The molecule has 0 radical (unpaired) electrons. The van der Waals surface area contributed by atoms with E-state index in [1.165, 1.54) is 7.11 Å². The number of nitrogens with one attached hydrogen (secondary N) is 1. The highest BCUT2D eigenvalue weighted by molar-refractivity contribution is 9.10. The highest BCUT2D eigenvalue weighted by Crippen LogP contribution is 2.35. The fourth-order valence-electron chi connectivity index (χ4n) is 1.18. The van der Waals surface area contributed by atoms with Crippen molar-refractivity contribution in [2.24, 2.45) is 0 Å². The Bertz CT molecular complexity index is 364. The van der Waals surface area contributed by atoms with Crippen LogP contribution in [0.4, 0.5) is 0 Å². The van der Waals surface area contributed by atoms with Crippen LogP contribution < -0.4 is 10.1 Å². The summed E-state index contributed by atoms with van der Waals surface area (Å²) in [6.45, 7) is 0.753. The molecule has 0 fully saturated rings. The van der Waals surface area contributed by atoms with Crippen molar-refractivity contribution in [2.75, 3.05) is 20.7 Å². The number of hydrogen-bond acceptors (Lipinski definition) is 3. The Morgan fingerprint density at radius 3 is 2.87 bits per heavy atom. The lowest BCUT2D eigenvalue weighted by molar-refractivity contribution is 0.372. The molecule has 82 valence electrons. The van der Waals surface area contributed by atoms with E-state index in [-0.39, 0.29) is 5.75 Å². The second kappa shape index (κ2) is 5.78. The molecule has 0 aromatic heterocycles. The maximum absolute atomic E-state index is 9.84. The third-order valence-corrected chi connectivity index (χ3v) is 2.64. The SMILES string of the molecule is CNCC=Cc1c(Br)ccc(OC)c1O. The molecule has 3 nitrogen and oxygen atoms in total. The van der Waals surface area contributed by atoms with Gasteiger partial charge in [0.15, 0.2) is 11.5 Å². The number of benzene rings is 1. The zero-order valence-corrected chi connectivity index (χ0v) is 10.3. The number of phenolic OH excluding ortho intramolecular Hbond substituents is 1. The molecule has 0 spiro atoms. The summed E-state index contributed by atoms with van der Waals surface area (Å²) >= 11 is 3.38. The van der Waals surface area contributed by atoms with Gasteiger partial charge in [-0.25, -0.2) is 0 Å². The van der Waals surface area contributed by atoms with Crippen molar-refractivity contribution < 1.29 is 9.84 Å². The van der Waals surface area contributed by atoms with Gasteiger partial charge < -0.3 is 15.2 Å². The topological polar surface area (TPSA) is 41.5 Å². The Labute approximate surface area is 97.9 Å². The van der Waals surface area contributed by atoms with Crippen LogP contribution in [0.3, 0.4) is 0 Å². The van der Waals surface area contributed by atoms with Crippen LogP contribution >= 0.6 is 15.9 Å². The molecule has 0 atom stereocenters. The molecular weight excluding hydrogens is 258 g/mol. The van der Waals surface area contributed by atoms with Gasteiger partial charge in [-0.15, -0.1) is 0 Å². The minimum Gasteiger partial charge on any atom is -0.504 e. The zero-order chi connectivity index (χ0) is 11.3. The third-order valence-electron chi connectivity index (χ3n) is 1.95. The Morgan fingerprint density at radius 2 is 2.27 bits per heavy atom. The maximum atomic E-state index is 9.84. The van der Waals surface area contributed by atoms with Crippen molar-refractivity contribution in [3.05, 3.63) is 28.2 Å². The highest BCUT2D eigenvalue weighted by atomic mass is 79.9. The van der Waals surface area contributed by atoms with Crippen LogP contribution in [-0.2, 0) is 0 Å². The van der Waals surface area contributed by atoms with Gasteiger partial charge >= 0.3 is 0 Å². The van der Waals surface area contributed by atoms with Crippen molar-refractivity contribution in [2.45, 2.75) is 0 Å². The van der Waals surface area contributed by atoms with Gasteiger partial charge in [0.05, 0.1) is 7.11 Å². The standard InChI is InChI=1S/C11H14BrNO2/c1-13-7-3-4-8-9(12)5-6-10(15-2)11(8)14/h3-6,13-14H,7H2,1-2H3. The van der Waals surface area contributed by atoms with Crippen LogP contribution in [0.2, 0.25) is 0 Å². The number of hydrogen-bond donors (Lipinski definition) is 2. The van der Waals surface area contributed by atoms with E-state index in [4.69, 9.17) is 4.74 Å². The number of ether oxygens (including phenoxy) is 1. The van der Waals surface area contributed by atoms with Crippen LogP contribution in [0.25, 0.3) is 6.08 Å². The van der Waals surface area contributed by atoms with Gasteiger partial charge in [-0.05, 0) is 19.2 Å². The summed E-state index contributed by atoms with van der Waals surface area (Å²) < 4.78 is 5.87. The molecule has 0 aliphatic heterocycles. The molecule has 1 rings (SSSR count). The first-order valence-electron chi connectivity index (χ1n) is 4.57. The summed E-state index contributed by atoms with van der Waals surface area (Å²) in [7, 11) is 3.40. The minimum atomic E-state index is 0.152. The number of likely N-dealkylation sites (N-methyl/N-ethyl adjacent to an activating group) is 1. The summed E-state index contributed by atoms with van der Waals surface area (Å²) in [5.74, 6) is 0.626. The predicted octanol–water partition coefficient (Wildman–Crippen LogP) is 2.40. The average molecular weight is 272 g/mol. The summed E-state index contributed by atoms with van der Waals surface area (Å²) in [6.07, 6.45) is 3.78. The first-order chi connectivity index (χ1) is 7.20. The van der Waals surface area contributed by atoms with E-state index in [1.807, 2.05) is 25.3 Å². The second-order valence-corrected chi connectivity index (χ2v) is 3.83. The first-order valence-corrected chi connectivity index (χ1v) is 5.36. The monoisotopic (exact) mass is 271 g/mol. The lowest BCUT2D eigenvalue weighted by Gasteiger charge is -2.07. The fraction of sp³-hybridized carbons (Fsp3) is 0.273. The molecule has 0 amide bonds. The highest BCUT2D eigenvalue weighted by Gasteiger charge is 2.08. The minimum absolute atomic E-state index is 0.152. The lowest BCUT2D eigenvalue weighted by atomic mass is 10.1. The van der Waals surface area contributed by atoms with Crippen molar-refractivity contribution in [3.63, 3.8) is 0 Å². The van der Waals surface area contributed by atoms with E-state index in [0.717, 1.165) is 16.6 Å². The van der Waals surface area contributed by atoms with Gasteiger partial charge in [-0.3, -0.25) is 0 Å². The molecule has 0 heterocycles. The fourth-order valence-corrected chi connectivity index (χ4v) is 1.63. The third kappa shape index (κ3) is 2.97. The van der Waals surface area contributed by atoms with Crippen LogP contribution in [0.5, 0.6) is 11.5 Å². The number of phenols is 1. The van der Waals surface area contributed by atoms with E-state index in [1.54, 1.807) is 6.07 Å². The number of rotatable bonds is 4. The molecular formula is C11H14BrNO2. The Morgan fingerprint density at radius 1 is 1.53 bits per heavy atom. The van der Waals surface area contributed by atoms with Crippen molar-refractivity contribution in [1.29, 1.82) is 0 Å². The van der Waals surface area contributed by atoms with E-state index in [9.17, 15) is 5.11 Å². The molecule has 4 heteroatoms. The second-order valence-electron chi connectivity index (χ2n) is 2.97. The van der Waals surface area contributed by atoms with Crippen LogP contribution in [-0.4, -0.2) is 25.8 Å². The normalized spacial score (nSPS) is 10.9. The van der Waals surface area contributed by atoms with Gasteiger partial charge in [0, 0.05) is 16.6 Å². The van der Waals surface area contributed by atoms with Gasteiger partial charge in [-0.1, -0.05) is 28.1 Å². The lowest BCUT2D eigenvalue weighted by Crippen LogP contribution is -2.03. The summed E-state index contributed by atoms with van der Waals surface area (Å²) in [5.41, 5.74) is 0.726. The maximum Gasteiger partial charge on any atom is 0.166 e. The molecule has 0 saturated heterocycles. The van der Waals surface area contributed by atoms with Crippen molar-refractivity contribution in [3.8, 4) is 11.5 Å². The average Bonchev–Trinajstić information content (AvgIpc) is 2.23. The quantitative estimate of drug-likeness (QED) is 0.884. The van der Waals surface area contributed by atoms with Gasteiger partial charge in [0.25, 0.3) is 0 Å². The molecule has 0 unspecified atom stereocenters. The number of halogens is 1. The molecule has 1 aromatic rings. The smallest absolute Gasteiger partial charge is 0.166 e. The van der Waals surface area contributed by atoms with Gasteiger partial charge in [-0.2, -0.15) is 0 Å². The van der Waals surface area contributed by atoms with E-state index in [0.29, 0.717) is 5.75 Å². The molecule has 0 bridgehead atoms. The molecule has 0 aliphatic rings. The van der Waals surface area contributed by atoms with Gasteiger partial charge in [0.2, 0.25) is 0 Å². The molecule has 1 aromatic carbocycles. The van der Waals surface area contributed by atoms with E-state index < -0.39 is 0 Å². The summed E-state index contributed by atoms with van der Waals surface area (Å²) in [4.78, 5) is 0. The summed E-state index contributed by atoms with van der Waals surface area (Å²) in [5, 5.41) is 12.8. The van der Waals surface area contributed by atoms with Gasteiger partial charge in [0.1, 0.15) is 0 Å². The predicted molar refractivity (Wildman–Crippen MR) is 65.3 cm³/mol. The van der Waals surface area contributed by atoms with Crippen molar-refractivity contribution >= 4 is 22.0 Å². The molecule has 0 saturated carbocycles. The molecule has 2 N–H and O–H groups in total. The van der Waals surface area contributed by atoms with Crippen LogP contribution in [0.1, 0.15) is 5.56 Å². The van der Waals surface area contributed by atoms with Crippen molar-refractivity contribution in [1.82, 2.24) is 5.32 Å². The van der Waals surface area contributed by atoms with E-state index >= 15 is 0 Å². The zero-order valence-electron chi connectivity index (χ0n) is 8.75. The summed E-state index contributed by atoms with van der Waals surface area (Å²) in [6, 6.07) is 3.56. The first kappa shape index (κ1) is 12.1. The van der Waals surface area contributed by atoms with Crippen LogP contribution in [0, 0.1) is 0 Å². The van der Waals surface area contributed by atoms with E-state index in [2.05, 4.69) is 21.2 Å². The number of aromatic hydroxyl groups is 1. The van der Waals surface area contributed by atoms with Crippen LogP contribution in [0.15, 0.2) is 22.7 Å². The largest absolute Gasteiger partial charge is 0.504 e. The molecule has 0 aliphatic carbocycles. The Balaban J connectivity index is 3.04.